The van der Waals surface area contributed by atoms with E-state index in [-0.39, 0.29) is 24.0 Å². The summed E-state index contributed by atoms with van der Waals surface area (Å²) >= 11 is 0. The molecule has 0 aliphatic heterocycles. The van der Waals surface area contributed by atoms with Crippen LogP contribution in [0.2, 0.25) is 0 Å². The molecule has 12 heteroatoms. The maximum absolute atomic E-state index is 14.1. The molecule has 3 heterocycles. The predicted octanol–water partition coefficient (Wildman–Crippen LogP) is 7.65. The standard InChI is InChI=1S/C35H32F3N9/c1-21-25(23-7-6-12-41-17-23)8-5-9-26(21)32(29-19-47(46-45-29)34(10-11-34)35(36,37)38)44-28-14-22(15-39)13-27-30(43-20-33(2,3)4)24(16-40)18-42-31(27)28/h5-9,12-14,17-19,32,44H,10-11,20H2,1-4H3,(H,42,43)/t32-/m0/s1. The average Bonchev–Trinajstić information content (AvgIpc) is 3.73. The van der Waals surface area contributed by atoms with Gasteiger partial charge in [0.2, 0.25) is 0 Å². The minimum Gasteiger partial charge on any atom is -0.383 e. The molecule has 1 atom stereocenters. The van der Waals surface area contributed by atoms with Crippen molar-refractivity contribution in [2.75, 3.05) is 17.2 Å². The van der Waals surface area contributed by atoms with Crippen LogP contribution in [0.15, 0.2) is 67.3 Å². The van der Waals surface area contributed by atoms with E-state index in [0.29, 0.717) is 39.9 Å². The zero-order chi connectivity index (χ0) is 33.6. The van der Waals surface area contributed by atoms with Crippen LogP contribution in [-0.4, -0.2) is 37.7 Å². The highest BCUT2D eigenvalue weighted by atomic mass is 19.4. The number of anilines is 2. The summed E-state index contributed by atoms with van der Waals surface area (Å²) in [5.41, 5.74) is 3.56. The molecule has 0 amide bonds. The summed E-state index contributed by atoms with van der Waals surface area (Å²) in [6.07, 6.45) is 1.63. The Morgan fingerprint density at radius 2 is 1.83 bits per heavy atom. The van der Waals surface area contributed by atoms with Crippen LogP contribution in [0, 0.1) is 35.0 Å². The van der Waals surface area contributed by atoms with Crippen molar-refractivity contribution in [3.05, 3.63) is 95.2 Å². The molecule has 0 bridgehead atoms. The van der Waals surface area contributed by atoms with Crippen molar-refractivity contribution in [1.82, 2.24) is 25.0 Å². The number of nitrogens with one attached hydrogen (secondary N) is 2. The molecule has 1 aliphatic carbocycles. The van der Waals surface area contributed by atoms with Crippen LogP contribution in [0.1, 0.15) is 67.6 Å². The third-order valence-electron chi connectivity index (χ3n) is 8.47. The van der Waals surface area contributed by atoms with Crippen molar-refractivity contribution >= 4 is 22.3 Å². The first-order valence-corrected chi connectivity index (χ1v) is 15.1. The Bertz CT molecular complexity index is 2040. The largest absolute Gasteiger partial charge is 0.413 e. The van der Waals surface area contributed by atoms with Gasteiger partial charge in [-0.1, -0.05) is 50.3 Å². The molecule has 3 aromatic heterocycles. The Morgan fingerprint density at radius 1 is 1.04 bits per heavy atom. The van der Waals surface area contributed by atoms with Crippen molar-refractivity contribution < 1.29 is 13.2 Å². The number of alkyl halides is 3. The second kappa shape index (κ2) is 11.7. The second-order valence-electron chi connectivity index (χ2n) is 13.1. The second-order valence-corrected chi connectivity index (χ2v) is 13.1. The summed E-state index contributed by atoms with van der Waals surface area (Å²) in [5, 5.41) is 35.6. The van der Waals surface area contributed by atoms with Crippen LogP contribution >= 0.6 is 0 Å². The first-order valence-electron chi connectivity index (χ1n) is 15.1. The molecule has 2 N–H and O–H groups in total. The van der Waals surface area contributed by atoms with Crippen LogP contribution in [-0.2, 0) is 5.54 Å². The van der Waals surface area contributed by atoms with Crippen LogP contribution in [0.3, 0.4) is 0 Å². The Kier molecular flexibility index (Phi) is 7.84. The van der Waals surface area contributed by atoms with Crippen molar-refractivity contribution in [3.63, 3.8) is 0 Å². The molecule has 9 nitrogen and oxygen atoms in total. The van der Waals surface area contributed by atoms with Crippen LogP contribution in [0.4, 0.5) is 24.5 Å². The molecular formula is C35H32F3N9. The quantitative estimate of drug-likeness (QED) is 0.178. The SMILES string of the molecule is Cc1c(-c2cccnc2)cccc1[C@H](Nc1cc(C#N)cc2c(NCC(C)(C)C)c(C#N)cnc12)c1cn(C2(C(F)(F)F)CC2)nn1. The fraction of sp³-hybridized carbons (Fsp3) is 0.314. The van der Waals surface area contributed by atoms with Gasteiger partial charge in [0, 0.05) is 36.1 Å². The number of halogens is 3. The summed E-state index contributed by atoms with van der Waals surface area (Å²) in [7, 11) is 0. The van der Waals surface area contributed by atoms with Crippen molar-refractivity contribution in [3.8, 4) is 23.3 Å². The van der Waals surface area contributed by atoms with Crippen LogP contribution in [0.5, 0.6) is 0 Å². The van der Waals surface area contributed by atoms with Gasteiger partial charge in [-0.15, -0.1) is 5.10 Å². The number of fused-ring (bicyclic) bond motifs is 1. The van der Waals surface area contributed by atoms with E-state index in [4.69, 9.17) is 0 Å². The Morgan fingerprint density at radius 3 is 2.47 bits per heavy atom. The number of hydrogen-bond acceptors (Lipinski definition) is 8. The molecule has 47 heavy (non-hydrogen) atoms. The fourth-order valence-electron chi connectivity index (χ4n) is 5.75. The molecule has 5 aromatic rings. The zero-order valence-electron chi connectivity index (χ0n) is 26.3. The molecule has 0 saturated heterocycles. The van der Waals surface area contributed by atoms with Crippen molar-refractivity contribution in [2.24, 2.45) is 5.41 Å². The van der Waals surface area contributed by atoms with Gasteiger partial charge in [0.15, 0.2) is 5.54 Å². The lowest BCUT2D eigenvalue weighted by Gasteiger charge is -2.24. The van der Waals surface area contributed by atoms with Crippen LogP contribution < -0.4 is 10.6 Å². The third kappa shape index (κ3) is 5.95. The first kappa shape index (κ1) is 31.5. The van der Waals surface area contributed by atoms with Crippen molar-refractivity contribution in [2.45, 2.75) is 58.3 Å². The molecule has 0 radical (unpaired) electrons. The van der Waals surface area contributed by atoms with E-state index in [1.807, 2.05) is 37.3 Å². The predicted molar refractivity (Wildman–Crippen MR) is 172 cm³/mol. The Balaban J connectivity index is 1.53. The topological polar surface area (TPSA) is 128 Å². The molecule has 2 aromatic carbocycles. The van der Waals surface area contributed by atoms with E-state index in [0.717, 1.165) is 26.9 Å². The van der Waals surface area contributed by atoms with E-state index >= 15 is 0 Å². The molecule has 1 fully saturated rings. The lowest BCUT2D eigenvalue weighted by Crippen LogP contribution is -2.35. The number of pyridine rings is 2. The van der Waals surface area contributed by atoms with Gasteiger partial charge in [-0.2, -0.15) is 23.7 Å². The number of aromatic nitrogens is 5. The average molecular weight is 636 g/mol. The van der Waals surface area contributed by atoms with E-state index in [9.17, 15) is 23.7 Å². The van der Waals surface area contributed by atoms with Gasteiger partial charge >= 0.3 is 6.18 Å². The Labute approximate surface area is 270 Å². The Hall–Kier alpha value is -5.49. The van der Waals surface area contributed by atoms with Crippen LogP contribution in [0.25, 0.3) is 22.0 Å². The number of nitrogens with zero attached hydrogens (tertiary/aromatic N) is 7. The maximum Gasteiger partial charge on any atom is 0.413 e. The molecule has 1 saturated carbocycles. The molecule has 6 rings (SSSR count). The molecule has 1 aliphatic rings. The highest BCUT2D eigenvalue weighted by molar-refractivity contribution is 6.01. The normalized spacial score (nSPS) is 14.7. The van der Waals surface area contributed by atoms with Gasteiger partial charge in [0.25, 0.3) is 0 Å². The highest BCUT2D eigenvalue weighted by Gasteiger charge is 2.66. The lowest BCUT2D eigenvalue weighted by molar-refractivity contribution is -0.182. The number of hydrogen-bond donors (Lipinski definition) is 2. The molecule has 0 unspecified atom stereocenters. The summed E-state index contributed by atoms with van der Waals surface area (Å²) in [6.45, 7) is 8.67. The number of nitriles is 2. The zero-order valence-corrected chi connectivity index (χ0v) is 26.3. The molecule has 0 spiro atoms. The number of benzene rings is 2. The minimum atomic E-state index is -4.48. The minimum absolute atomic E-state index is 0.0722. The third-order valence-corrected chi connectivity index (χ3v) is 8.47. The van der Waals surface area contributed by atoms with Gasteiger partial charge in [-0.25, -0.2) is 4.68 Å². The number of rotatable bonds is 8. The van der Waals surface area contributed by atoms with Gasteiger partial charge in [-0.3, -0.25) is 9.97 Å². The lowest BCUT2D eigenvalue weighted by atomic mass is 9.92. The van der Waals surface area contributed by atoms with E-state index in [1.54, 1.807) is 24.5 Å². The van der Waals surface area contributed by atoms with Gasteiger partial charge in [0.05, 0.1) is 46.3 Å². The fourth-order valence-corrected chi connectivity index (χ4v) is 5.75. The van der Waals surface area contributed by atoms with E-state index < -0.39 is 17.8 Å². The highest BCUT2D eigenvalue weighted by Crippen LogP contribution is 2.55. The van der Waals surface area contributed by atoms with E-state index in [2.05, 4.69) is 63.8 Å². The first-order chi connectivity index (χ1) is 22.3. The summed E-state index contributed by atoms with van der Waals surface area (Å²) in [4.78, 5) is 8.87. The molecule has 238 valence electrons. The smallest absolute Gasteiger partial charge is 0.383 e. The van der Waals surface area contributed by atoms with Gasteiger partial charge < -0.3 is 10.6 Å². The van der Waals surface area contributed by atoms with Crippen molar-refractivity contribution in [1.29, 1.82) is 10.5 Å². The monoisotopic (exact) mass is 635 g/mol. The van der Waals surface area contributed by atoms with Gasteiger partial charge in [-0.05, 0) is 60.1 Å². The van der Waals surface area contributed by atoms with E-state index in [1.165, 1.54) is 12.4 Å². The van der Waals surface area contributed by atoms with Gasteiger partial charge in [0.1, 0.15) is 11.8 Å². The maximum atomic E-state index is 14.1. The summed E-state index contributed by atoms with van der Waals surface area (Å²) < 4.78 is 43.2. The summed E-state index contributed by atoms with van der Waals surface area (Å²) in [5.74, 6) is 0. The molecular weight excluding hydrogens is 603 g/mol. The summed E-state index contributed by atoms with van der Waals surface area (Å²) in [6, 6.07) is 16.4.